The highest BCUT2D eigenvalue weighted by atomic mass is 16.6. The van der Waals surface area contributed by atoms with Crippen molar-refractivity contribution in [1.82, 2.24) is 4.90 Å². The number of carboxylic acids is 1. The van der Waals surface area contributed by atoms with Crippen LogP contribution in [0.25, 0.3) is 0 Å². The number of hydrogen-bond acceptors (Lipinski definition) is 4. The second kappa shape index (κ2) is 5.88. The minimum atomic E-state index is -1.04. The highest BCUT2D eigenvalue weighted by Gasteiger charge is 2.22. The van der Waals surface area contributed by atoms with Crippen LogP contribution in [0.15, 0.2) is 23.9 Å². The minimum absolute atomic E-state index is 0.244. The first kappa shape index (κ1) is 15.2. The van der Waals surface area contributed by atoms with E-state index in [9.17, 15) is 9.59 Å². The van der Waals surface area contributed by atoms with Gasteiger partial charge < -0.3 is 15.6 Å². The molecule has 0 spiro atoms. The van der Waals surface area contributed by atoms with Gasteiger partial charge in [0.2, 0.25) is 0 Å². The van der Waals surface area contributed by atoms with Gasteiger partial charge in [-0.25, -0.2) is 4.79 Å². The number of ether oxygens (including phenoxy) is 1. The Kier molecular flexibility index (Phi) is 4.72. The predicted octanol–water partition coefficient (Wildman–Crippen LogP) is 1.48. The second-order valence-corrected chi connectivity index (χ2v) is 5.38. The summed E-state index contributed by atoms with van der Waals surface area (Å²) < 4.78 is 5.22. The zero-order chi connectivity index (χ0) is 14.6. The van der Waals surface area contributed by atoms with E-state index >= 15 is 0 Å². The summed E-state index contributed by atoms with van der Waals surface area (Å²) in [6.07, 6.45) is 4.84. The van der Waals surface area contributed by atoms with Gasteiger partial charge in [-0.05, 0) is 38.8 Å². The number of nitrogens with zero attached hydrogens (tertiary/aromatic N) is 1. The van der Waals surface area contributed by atoms with Crippen molar-refractivity contribution in [3.63, 3.8) is 0 Å². The molecule has 1 aliphatic rings. The Bertz CT molecular complexity index is 421. The smallest absolute Gasteiger partial charge is 0.414 e. The van der Waals surface area contributed by atoms with E-state index in [4.69, 9.17) is 15.6 Å². The summed E-state index contributed by atoms with van der Waals surface area (Å²) in [5.41, 5.74) is 5.71. The van der Waals surface area contributed by atoms with Gasteiger partial charge in [-0.1, -0.05) is 6.08 Å². The standard InChI is InChI=1S/C13H20N2O4/c1-13(2,3)19-12(18)15-6-4-9(5-7-15)8-10(14)11(16)17/h4-6,10H,7-8,14H2,1-3H3,(H,16,17)/t10-/m0/s1. The lowest BCUT2D eigenvalue weighted by molar-refractivity contribution is -0.138. The molecule has 0 saturated heterocycles. The number of allylic oxidation sites excluding steroid dienone is 1. The fourth-order valence-electron chi connectivity index (χ4n) is 1.48. The van der Waals surface area contributed by atoms with E-state index in [0.29, 0.717) is 6.54 Å². The second-order valence-electron chi connectivity index (χ2n) is 5.38. The van der Waals surface area contributed by atoms with Crippen LogP contribution in [-0.4, -0.2) is 40.3 Å². The van der Waals surface area contributed by atoms with Crippen LogP contribution in [-0.2, 0) is 9.53 Å². The van der Waals surface area contributed by atoms with Crippen LogP contribution in [0.3, 0.4) is 0 Å². The fraction of sp³-hybridized carbons (Fsp3) is 0.538. The molecule has 0 aliphatic carbocycles. The Labute approximate surface area is 112 Å². The molecule has 1 aliphatic heterocycles. The van der Waals surface area contributed by atoms with Gasteiger partial charge in [0.25, 0.3) is 0 Å². The number of aliphatic carboxylic acids is 1. The third kappa shape index (κ3) is 5.13. The molecule has 1 atom stereocenters. The van der Waals surface area contributed by atoms with E-state index in [1.807, 2.05) is 0 Å². The molecule has 0 fully saturated rings. The Morgan fingerprint density at radius 2 is 2.16 bits per heavy atom. The van der Waals surface area contributed by atoms with Crippen molar-refractivity contribution < 1.29 is 19.4 Å². The molecule has 0 bridgehead atoms. The minimum Gasteiger partial charge on any atom is -0.480 e. The van der Waals surface area contributed by atoms with Crippen molar-refractivity contribution in [2.75, 3.05) is 6.54 Å². The van der Waals surface area contributed by atoms with Crippen LogP contribution >= 0.6 is 0 Å². The van der Waals surface area contributed by atoms with Gasteiger partial charge in [-0.2, -0.15) is 0 Å². The average Bonchev–Trinajstić information content (AvgIpc) is 2.27. The average molecular weight is 268 g/mol. The number of carbonyl (C=O) groups is 2. The topological polar surface area (TPSA) is 92.9 Å². The number of carbonyl (C=O) groups excluding carboxylic acids is 1. The lowest BCUT2D eigenvalue weighted by Gasteiger charge is -2.26. The van der Waals surface area contributed by atoms with E-state index in [1.54, 1.807) is 39.1 Å². The van der Waals surface area contributed by atoms with Crippen molar-refractivity contribution in [2.24, 2.45) is 5.73 Å². The number of carboxylic acid groups (broad SMARTS) is 1. The molecule has 1 amide bonds. The van der Waals surface area contributed by atoms with Crippen molar-refractivity contribution in [1.29, 1.82) is 0 Å². The van der Waals surface area contributed by atoms with E-state index in [1.165, 1.54) is 4.90 Å². The maximum atomic E-state index is 11.8. The number of hydrogen-bond donors (Lipinski definition) is 2. The van der Waals surface area contributed by atoms with Crippen molar-refractivity contribution in [3.8, 4) is 0 Å². The lowest BCUT2D eigenvalue weighted by atomic mass is 10.0. The summed E-state index contributed by atoms with van der Waals surface area (Å²) >= 11 is 0. The van der Waals surface area contributed by atoms with Crippen LogP contribution in [0.5, 0.6) is 0 Å². The van der Waals surface area contributed by atoms with Crippen LogP contribution in [0.4, 0.5) is 4.79 Å². The van der Waals surface area contributed by atoms with Gasteiger partial charge >= 0.3 is 12.1 Å². The van der Waals surface area contributed by atoms with Crippen molar-refractivity contribution in [3.05, 3.63) is 23.9 Å². The fourth-order valence-corrected chi connectivity index (χ4v) is 1.48. The zero-order valence-corrected chi connectivity index (χ0v) is 11.4. The van der Waals surface area contributed by atoms with E-state index in [2.05, 4.69) is 0 Å². The molecule has 1 heterocycles. The Hall–Kier alpha value is -1.82. The molecule has 1 rings (SSSR count). The lowest BCUT2D eigenvalue weighted by Crippen LogP contribution is -2.35. The monoisotopic (exact) mass is 268 g/mol. The highest BCUT2D eigenvalue weighted by molar-refractivity contribution is 5.74. The maximum Gasteiger partial charge on any atom is 0.414 e. The quantitative estimate of drug-likeness (QED) is 0.808. The summed E-state index contributed by atoms with van der Waals surface area (Å²) in [5, 5.41) is 8.72. The largest absolute Gasteiger partial charge is 0.480 e. The van der Waals surface area contributed by atoms with Gasteiger partial charge in [0.05, 0.1) is 0 Å². The molecule has 0 unspecified atom stereocenters. The summed E-state index contributed by atoms with van der Waals surface area (Å²) in [5.74, 6) is -1.04. The summed E-state index contributed by atoms with van der Waals surface area (Å²) in [4.78, 5) is 23.8. The Balaban J connectivity index is 2.53. The molecule has 6 nitrogen and oxygen atoms in total. The summed E-state index contributed by atoms with van der Waals surface area (Å²) in [6.45, 7) is 5.75. The molecule has 6 heteroatoms. The molecular weight excluding hydrogens is 248 g/mol. The summed E-state index contributed by atoms with van der Waals surface area (Å²) in [7, 11) is 0. The van der Waals surface area contributed by atoms with Crippen LogP contribution in [0.2, 0.25) is 0 Å². The van der Waals surface area contributed by atoms with Crippen molar-refractivity contribution >= 4 is 12.1 Å². The zero-order valence-electron chi connectivity index (χ0n) is 11.4. The molecule has 3 N–H and O–H groups in total. The third-order valence-electron chi connectivity index (χ3n) is 2.42. The normalized spacial score (nSPS) is 16.8. The van der Waals surface area contributed by atoms with Gasteiger partial charge in [0.15, 0.2) is 0 Å². The van der Waals surface area contributed by atoms with Crippen molar-refractivity contribution in [2.45, 2.75) is 38.8 Å². The number of amides is 1. The Morgan fingerprint density at radius 3 is 2.58 bits per heavy atom. The van der Waals surface area contributed by atoms with Crippen LogP contribution < -0.4 is 5.73 Å². The van der Waals surface area contributed by atoms with E-state index in [0.717, 1.165) is 5.57 Å². The number of rotatable bonds is 3. The predicted molar refractivity (Wildman–Crippen MR) is 70.4 cm³/mol. The molecule has 19 heavy (non-hydrogen) atoms. The van der Waals surface area contributed by atoms with Gasteiger partial charge in [0.1, 0.15) is 11.6 Å². The first-order valence-corrected chi connectivity index (χ1v) is 6.04. The van der Waals surface area contributed by atoms with Crippen LogP contribution in [0, 0.1) is 0 Å². The van der Waals surface area contributed by atoms with Gasteiger partial charge in [-0.15, -0.1) is 0 Å². The SMILES string of the molecule is CC(C)(C)OC(=O)N1C=CC(C[C@H](N)C(=O)O)=CC1. The molecule has 106 valence electrons. The first-order chi connectivity index (χ1) is 8.69. The molecule has 0 aromatic carbocycles. The van der Waals surface area contributed by atoms with E-state index in [-0.39, 0.29) is 6.42 Å². The van der Waals surface area contributed by atoms with Crippen LogP contribution in [0.1, 0.15) is 27.2 Å². The molecule has 0 saturated carbocycles. The Morgan fingerprint density at radius 1 is 1.53 bits per heavy atom. The highest BCUT2D eigenvalue weighted by Crippen LogP contribution is 2.16. The maximum absolute atomic E-state index is 11.8. The molecule has 0 radical (unpaired) electrons. The molecule has 0 aromatic heterocycles. The van der Waals surface area contributed by atoms with Gasteiger partial charge in [-0.3, -0.25) is 9.69 Å². The summed E-state index contributed by atoms with van der Waals surface area (Å²) in [6, 6.07) is -0.927. The molecular formula is C13H20N2O4. The van der Waals surface area contributed by atoms with Gasteiger partial charge in [0, 0.05) is 12.7 Å². The molecule has 0 aromatic rings. The first-order valence-electron chi connectivity index (χ1n) is 6.04. The number of nitrogens with two attached hydrogens (primary N) is 1. The van der Waals surface area contributed by atoms with E-state index < -0.39 is 23.7 Å². The third-order valence-corrected chi connectivity index (χ3v) is 2.42.